The number of hydrogen-bond donors (Lipinski definition) is 2. The Morgan fingerprint density at radius 2 is 2.14 bits per heavy atom. The van der Waals surface area contributed by atoms with Crippen LogP contribution in [0.25, 0.3) is 5.70 Å². The fourth-order valence-electron chi connectivity index (χ4n) is 1.73. The number of rotatable bonds is 1. The second kappa shape index (κ2) is 3.80. The third-order valence-corrected chi connectivity index (χ3v) is 2.43. The molecule has 0 atom stereocenters. The van der Waals surface area contributed by atoms with Gasteiger partial charge in [-0.25, -0.2) is 0 Å². The first-order chi connectivity index (χ1) is 6.77. The van der Waals surface area contributed by atoms with Gasteiger partial charge in [0, 0.05) is 11.3 Å². The first kappa shape index (κ1) is 9.21. The van der Waals surface area contributed by atoms with E-state index in [1.165, 1.54) is 11.1 Å². The molecule has 3 N–H and O–H groups in total. The van der Waals surface area contributed by atoms with Crippen molar-refractivity contribution < 1.29 is 0 Å². The summed E-state index contributed by atoms with van der Waals surface area (Å²) in [6.07, 6.45) is 4.28. The van der Waals surface area contributed by atoms with Gasteiger partial charge in [0.05, 0.1) is 0 Å². The number of thiocarbonyl (C=S) groups is 1. The molecule has 2 nitrogen and oxygen atoms in total. The Hall–Kier alpha value is -1.35. The molecule has 2 rings (SSSR count). The van der Waals surface area contributed by atoms with E-state index < -0.39 is 0 Å². The zero-order valence-electron chi connectivity index (χ0n) is 7.79. The minimum atomic E-state index is 0.327. The standard InChI is InChI=1S/C11H12N2S/c12-11(14)13-10-7-3-5-8-4-1-2-6-9(8)10/h1-2,4,6-7H,3,5H2,(H3,12,13,14). The molecule has 0 aliphatic heterocycles. The third-order valence-electron chi connectivity index (χ3n) is 2.33. The first-order valence-corrected chi connectivity index (χ1v) is 5.03. The van der Waals surface area contributed by atoms with Crippen molar-refractivity contribution >= 4 is 23.0 Å². The van der Waals surface area contributed by atoms with Gasteiger partial charge in [0.25, 0.3) is 0 Å². The number of nitrogens with one attached hydrogen (secondary N) is 1. The highest BCUT2D eigenvalue weighted by Crippen LogP contribution is 2.23. The second-order valence-electron chi connectivity index (χ2n) is 3.30. The molecule has 0 heterocycles. The van der Waals surface area contributed by atoms with Crippen LogP contribution in [0.5, 0.6) is 0 Å². The summed E-state index contributed by atoms with van der Waals surface area (Å²) in [6.45, 7) is 0. The van der Waals surface area contributed by atoms with Crippen molar-refractivity contribution in [1.82, 2.24) is 5.32 Å². The number of benzene rings is 1. The Morgan fingerprint density at radius 3 is 2.93 bits per heavy atom. The highest BCUT2D eigenvalue weighted by atomic mass is 32.1. The molecule has 14 heavy (non-hydrogen) atoms. The van der Waals surface area contributed by atoms with Crippen molar-refractivity contribution in [2.45, 2.75) is 12.8 Å². The van der Waals surface area contributed by atoms with Gasteiger partial charge in [-0.05, 0) is 30.6 Å². The van der Waals surface area contributed by atoms with E-state index in [1.807, 2.05) is 6.07 Å². The van der Waals surface area contributed by atoms with Crippen molar-refractivity contribution in [2.75, 3.05) is 0 Å². The van der Waals surface area contributed by atoms with Crippen molar-refractivity contribution in [3.63, 3.8) is 0 Å². The Bertz CT molecular complexity index is 396. The molecule has 1 aromatic carbocycles. The maximum Gasteiger partial charge on any atom is 0.168 e. The van der Waals surface area contributed by atoms with E-state index in [4.69, 9.17) is 18.0 Å². The van der Waals surface area contributed by atoms with Crippen LogP contribution in [0.1, 0.15) is 17.5 Å². The van der Waals surface area contributed by atoms with Crippen LogP contribution in [-0.4, -0.2) is 5.11 Å². The zero-order valence-corrected chi connectivity index (χ0v) is 8.60. The summed E-state index contributed by atoms with van der Waals surface area (Å²) in [5, 5.41) is 3.34. The molecule has 0 amide bonds. The summed E-state index contributed by atoms with van der Waals surface area (Å²) in [7, 11) is 0. The molecular formula is C11H12N2S. The lowest BCUT2D eigenvalue weighted by Gasteiger charge is -2.18. The molecule has 0 aromatic heterocycles. The highest BCUT2D eigenvalue weighted by Gasteiger charge is 2.11. The molecule has 0 saturated heterocycles. The molecule has 0 fully saturated rings. The molecule has 0 radical (unpaired) electrons. The lowest BCUT2D eigenvalue weighted by Crippen LogP contribution is -2.28. The van der Waals surface area contributed by atoms with Gasteiger partial charge >= 0.3 is 0 Å². The normalized spacial score (nSPS) is 14.1. The molecule has 3 heteroatoms. The van der Waals surface area contributed by atoms with E-state index in [-0.39, 0.29) is 0 Å². The molecule has 1 aliphatic rings. The molecule has 1 aliphatic carbocycles. The SMILES string of the molecule is NC(=S)NC1=CCCc2ccccc21. The Balaban J connectivity index is 2.35. The van der Waals surface area contributed by atoms with Crippen LogP contribution >= 0.6 is 12.2 Å². The topological polar surface area (TPSA) is 38.0 Å². The highest BCUT2D eigenvalue weighted by molar-refractivity contribution is 7.80. The fraction of sp³-hybridized carbons (Fsp3) is 0.182. The smallest absolute Gasteiger partial charge is 0.168 e. The fourth-order valence-corrected chi connectivity index (χ4v) is 1.84. The van der Waals surface area contributed by atoms with Gasteiger partial charge in [-0.1, -0.05) is 30.3 Å². The maximum absolute atomic E-state index is 5.46. The summed E-state index contributed by atoms with van der Waals surface area (Å²) in [5.41, 5.74) is 9.07. The average molecular weight is 204 g/mol. The summed E-state index contributed by atoms with van der Waals surface area (Å²) in [4.78, 5) is 0. The zero-order chi connectivity index (χ0) is 9.97. The summed E-state index contributed by atoms with van der Waals surface area (Å²) in [6, 6.07) is 8.32. The predicted molar refractivity (Wildman–Crippen MR) is 62.7 cm³/mol. The summed E-state index contributed by atoms with van der Waals surface area (Å²) < 4.78 is 0. The molecule has 0 saturated carbocycles. The van der Waals surface area contributed by atoms with Gasteiger partial charge in [0.2, 0.25) is 0 Å². The molecule has 0 unspecified atom stereocenters. The first-order valence-electron chi connectivity index (χ1n) is 4.62. The largest absolute Gasteiger partial charge is 0.376 e. The Morgan fingerprint density at radius 1 is 1.36 bits per heavy atom. The van der Waals surface area contributed by atoms with Crippen LogP contribution in [0.15, 0.2) is 30.3 Å². The van der Waals surface area contributed by atoms with E-state index >= 15 is 0 Å². The van der Waals surface area contributed by atoms with Crippen LogP contribution < -0.4 is 11.1 Å². The van der Waals surface area contributed by atoms with Gasteiger partial charge in [-0.15, -0.1) is 0 Å². The minimum Gasteiger partial charge on any atom is -0.376 e. The minimum absolute atomic E-state index is 0.327. The van der Waals surface area contributed by atoms with E-state index in [0.29, 0.717) is 5.11 Å². The quantitative estimate of drug-likeness (QED) is 0.685. The average Bonchev–Trinajstić information content (AvgIpc) is 2.18. The van der Waals surface area contributed by atoms with Crippen molar-refractivity contribution in [3.05, 3.63) is 41.5 Å². The van der Waals surface area contributed by atoms with Crippen LogP contribution in [0.4, 0.5) is 0 Å². The van der Waals surface area contributed by atoms with Crippen LogP contribution in [0.3, 0.4) is 0 Å². The van der Waals surface area contributed by atoms with Gasteiger partial charge in [0.1, 0.15) is 0 Å². The second-order valence-corrected chi connectivity index (χ2v) is 3.74. The van der Waals surface area contributed by atoms with E-state index in [9.17, 15) is 0 Å². The van der Waals surface area contributed by atoms with E-state index in [2.05, 4.69) is 29.6 Å². The lowest BCUT2D eigenvalue weighted by atomic mass is 9.95. The van der Waals surface area contributed by atoms with Crippen LogP contribution in [0, 0.1) is 0 Å². The maximum atomic E-state index is 5.46. The predicted octanol–water partition coefficient (Wildman–Crippen LogP) is 1.81. The Labute approximate surface area is 88.8 Å². The van der Waals surface area contributed by atoms with E-state index in [0.717, 1.165) is 18.5 Å². The number of hydrogen-bond acceptors (Lipinski definition) is 1. The van der Waals surface area contributed by atoms with Crippen molar-refractivity contribution in [3.8, 4) is 0 Å². The summed E-state index contributed by atoms with van der Waals surface area (Å²) in [5.74, 6) is 0. The molecular weight excluding hydrogens is 192 g/mol. The molecule has 72 valence electrons. The van der Waals surface area contributed by atoms with Crippen molar-refractivity contribution in [2.24, 2.45) is 5.73 Å². The van der Waals surface area contributed by atoms with Crippen LogP contribution in [-0.2, 0) is 6.42 Å². The summed E-state index contributed by atoms with van der Waals surface area (Å²) >= 11 is 4.83. The lowest BCUT2D eigenvalue weighted by molar-refractivity contribution is 0.963. The van der Waals surface area contributed by atoms with Gasteiger partial charge in [0.15, 0.2) is 5.11 Å². The van der Waals surface area contributed by atoms with Crippen LogP contribution in [0.2, 0.25) is 0 Å². The van der Waals surface area contributed by atoms with Gasteiger partial charge < -0.3 is 11.1 Å². The van der Waals surface area contributed by atoms with Gasteiger partial charge in [-0.2, -0.15) is 0 Å². The number of nitrogens with two attached hydrogens (primary N) is 1. The third kappa shape index (κ3) is 1.77. The Kier molecular flexibility index (Phi) is 2.50. The number of fused-ring (bicyclic) bond motifs is 1. The number of allylic oxidation sites excluding steroid dienone is 1. The van der Waals surface area contributed by atoms with Crippen molar-refractivity contribution in [1.29, 1.82) is 0 Å². The monoisotopic (exact) mass is 204 g/mol. The molecule has 0 bridgehead atoms. The molecule has 1 aromatic rings. The van der Waals surface area contributed by atoms with Gasteiger partial charge in [-0.3, -0.25) is 0 Å². The number of aryl methyl sites for hydroxylation is 1. The molecule has 0 spiro atoms. The van der Waals surface area contributed by atoms with E-state index in [1.54, 1.807) is 0 Å².